The van der Waals surface area contributed by atoms with Crippen molar-refractivity contribution in [3.05, 3.63) is 111 Å². The van der Waals surface area contributed by atoms with E-state index in [4.69, 9.17) is 0 Å². The minimum atomic E-state index is -4.05. The van der Waals surface area contributed by atoms with E-state index in [0.29, 0.717) is 11.1 Å². The summed E-state index contributed by atoms with van der Waals surface area (Å²) in [6.07, 6.45) is -8.07. The molecule has 0 N–H and O–H groups in total. The van der Waals surface area contributed by atoms with Crippen LogP contribution in [0.1, 0.15) is 16.7 Å². The number of rotatable bonds is 4. The summed E-state index contributed by atoms with van der Waals surface area (Å²) >= 11 is 6.93. The van der Waals surface area contributed by atoms with Crippen molar-refractivity contribution in [1.29, 1.82) is 0 Å². The van der Waals surface area contributed by atoms with E-state index in [9.17, 15) is 17.6 Å². The van der Waals surface area contributed by atoms with Crippen LogP contribution >= 0.6 is 31.9 Å². The second-order valence-corrected chi connectivity index (χ2v) is 10.0. The molecule has 1 aliphatic heterocycles. The van der Waals surface area contributed by atoms with Crippen molar-refractivity contribution in [2.75, 3.05) is 4.90 Å². The molecule has 0 spiro atoms. The number of aryl methyl sites for hydroxylation is 1. The Morgan fingerprint density at radius 1 is 0.629 bits per heavy atom. The number of fused-ring (bicyclic) bond motifs is 1. The van der Waals surface area contributed by atoms with Gasteiger partial charge in [0.2, 0.25) is 0 Å². The molecule has 0 atom stereocenters. The maximum absolute atomic E-state index is 14.1. The number of hydrogen-bond acceptors (Lipinski definition) is 2. The topological polar surface area (TPSA) is 12.5 Å². The first-order valence-electron chi connectivity index (χ1n) is 10.6. The maximum Gasteiger partial charge on any atom is 0.388 e. The van der Waals surface area contributed by atoms with Gasteiger partial charge in [-0.2, -0.15) is 17.6 Å². The van der Waals surface area contributed by atoms with Gasteiger partial charge in [-0.15, -0.1) is 0 Å². The Morgan fingerprint density at radius 3 is 1.69 bits per heavy atom. The van der Waals surface area contributed by atoms with E-state index in [1.807, 2.05) is 73.7 Å². The van der Waals surface area contributed by atoms with Crippen LogP contribution in [0.15, 0.2) is 93.9 Å². The molecule has 0 saturated carbocycles. The number of anilines is 3. The third-order valence-corrected chi connectivity index (χ3v) is 6.91. The van der Waals surface area contributed by atoms with E-state index in [-0.39, 0.29) is 0 Å². The molecule has 0 amide bonds. The number of benzene rings is 4. The number of alkyl halides is 4. The zero-order valence-electron chi connectivity index (χ0n) is 18.2. The maximum atomic E-state index is 14.1. The van der Waals surface area contributed by atoms with Crippen LogP contribution in [-0.2, 0) is 17.0 Å². The van der Waals surface area contributed by atoms with Crippen LogP contribution in [0.3, 0.4) is 0 Å². The highest BCUT2D eigenvalue weighted by Crippen LogP contribution is 2.52. The summed E-state index contributed by atoms with van der Waals surface area (Å²) in [6, 6.07) is 24.9. The predicted molar refractivity (Wildman–Crippen MR) is 136 cm³/mol. The standard InChI is InChI=1S/C27H17Br2F4NO/c1-16-14-22(34(20-7-3-18(28)4-8-20)21-9-5-19(29)6-10-21)11-12-23(16)17-2-13-24-25(15-17)27(32,33)35-26(24,30)31/h2-15H,1H3. The lowest BCUT2D eigenvalue weighted by Gasteiger charge is -2.26. The molecule has 0 unspecified atom stereocenters. The molecule has 0 fully saturated rings. The smallest absolute Gasteiger partial charge is 0.310 e. The molecule has 4 aromatic rings. The highest BCUT2D eigenvalue weighted by molar-refractivity contribution is 9.10. The van der Waals surface area contributed by atoms with E-state index in [1.54, 1.807) is 0 Å². The molecule has 0 radical (unpaired) electrons. The summed E-state index contributed by atoms with van der Waals surface area (Å²) in [5.41, 5.74) is 2.97. The second-order valence-electron chi connectivity index (χ2n) is 8.18. The molecule has 0 bridgehead atoms. The van der Waals surface area contributed by atoms with Gasteiger partial charge in [-0.25, -0.2) is 4.74 Å². The van der Waals surface area contributed by atoms with Crippen molar-refractivity contribution in [2.24, 2.45) is 0 Å². The van der Waals surface area contributed by atoms with Gasteiger partial charge in [0.25, 0.3) is 0 Å². The minimum absolute atomic E-state index is 0.410. The van der Waals surface area contributed by atoms with Crippen molar-refractivity contribution in [1.82, 2.24) is 0 Å². The molecule has 1 heterocycles. The van der Waals surface area contributed by atoms with Gasteiger partial charge in [-0.05, 0) is 96.4 Å². The SMILES string of the molecule is Cc1cc(N(c2ccc(Br)cc2)c2ccc(Br)cc2)ccc1-c1ccc2c(c1)C(F)(F)OC2(F)F. The summed E-state index contributed by atoms with van der Waals surface area (Å²) in [4.78, 5) is 2.07. The molecule has 2 nitrogen and oxygen atoms in total. The lowest BCUT2D eigenvalue weighted by molar-refractivity contribution is -0.369. The summed E-state index contributed by atoms with van der Waals surface area (Å²) in [5, 5.41) is 0. The Kier molecular flexibility index (Phi) is 6.02. The van der Waals surface area contributed by atoms with Crippen molar-refractivity contribution in [3.63, 3.8) is 0 Å². The predicted octanol–water partition coefficient (Wildman–Crippen LogP) is 9.79. The highest BCUT2D eigenvalue weighted by Gasteiger charge is 2.57. The van der Waals surface area contributed by atoms with E-state index in [1.165, 1.54) is 6.07 Å². The first kappa shape index (κ1) is 24.0. The molecule has 5 rings (SSSR count). The first-order chi connectivity index (χ1) is 16.5. The molecule has 0 aromatic heterocycles. The van der Waals surface area contributed by atoms with E-state index >= 15 is 0 Å². The third kappa shape index (κ3) is 4.50. The fraction of sp³-hybridized carbons (Fsp3) is 0.111. The van der Waals surface area contributed by atoms with Gasteiger partial charge < -0.3 is 4.90 Å². The molecule has 8 heteroatoms. The van der Waals surface area contributed by atoms with Gasteiger partial charge >= 0.3 is 12.2 Å². The Labute approximate surface area is 216 Å². The fourth-order valence-electron chi connectivity index (χ4n) is 4.22. The van der Waals surface area contributed by atoms with Gasteiger partial charge in [0, 0.05) is 26.0 Å². The van der Waals surface area contributed by atoms with Crippen LogP contribution in [-0.4, -0.2) is 0 Å². The first-order valence-corrected chi connectivity index (χ1v) is 12.2. The molecule has 0 aliphatic carbocycles. The summed E-state index contributed by atoms with van der Waals surface area (Å²) in [6.45, 7) is 1.86. The van der Waals surface area contributed by atoms with Crippen LogP contribution in [0.25, 0.3) is 11.1 Å². The molecule has 0 saturated heterocycles. The van der Waals surface area contributed by atoms with Gasteiger partial charge in [0.05, 0.1) is 11.1 Å². The average Bonchev–Trinajstić information content (AvgIpc) is 3.00. The quantitative estimate of drug-likeness (QED) is 0.214. The molecule has 4 aromatic carbocycles. The largest absolute Gasteiger partial charge is 0.388 e. The molecular formula is C27H17Br2F4NO. The van der Waals surface area contributed by atoms with Gasteiger partial charge in [-0.3, -0.25) is 0 Å². The molecule has 178 valence electrons. The van der Waals surface area contributed by atoms with Crippen molar-refractivity contribution < 1.29 is 22.3 Å². The highest BCUT2D eigenvalue weighted by atomic mass is 79.9. The normalized spacial score (nSPS) is 15.6. The molecule has 1 aliphatic rings. The third-order valence-electron chi connectivity index (χ3n) is 5.85. The van der Waals surface area contributed by atoms with Crippen LogP contribution in [0, 0.1) is 6.92 Å². The van der Waals surface area contributed by atoms with Crippen LogP contribution in [0.4, 0.5) is 34.6 Å². The van der Waals surface area contributed by atoms with Gasteiger partial charge in [0.15, 0.2) is 0 Å². The Balaban J connectivity index is 1.58. The zero-order chi connectivity index (χ0) is 25.0. The molecular weight excluding hydrogens is 590 g/mol. The average molecular weight is 607 g/mol. The Bertz CT molecular complexity index is 1360. The summed E-state index contributed by atoms with van der Waals surface area (Å²) in [7, 11) is 0. The van der Waals surface area contributed by atoms with Crippen molar-refractivity contribution >= 4 is 48.9 Å². The van der Waals surface area contributed by atoms with E-state index in [0.717, 1.165) is 43.7 Å². The van der Waals surface area contributed by atoms with Crippen molar-refractivity contribution in [2.45, 2.75) is 19.1 Å². The van der Waals surface area contributed by atoms with Gasteiger partial charge in [-0.1, -0.05) is 44.0 Å². The zero-order valence-corrected chi connectivity index (χ0v) is 21.4. The summed E-state index contributed by atoms with van der Waals surface area (Å²) in [5.74, 6) is 0. The lowest BCUT2D eigenvalue weighted by atomic mass is 9.95. The fourth-order valence-corrected chi connectivity index (χ4v) is 4.74. The van der Waals surface area contributed by atoms with Crippen LogP contribution in [0.2, 0.25) is 0 Å². The Hall–Kier alpha value is -2.68. The Morgan fingerprint density at radius 2 is 1.14 bits per heavy atom. The van der Waals surface area contributed by atoms with Crippen LogP contribution in [0.5, 0.6) is 0 Å². The van der Waals surface area contributed by atoms with E-state index < -0.39 is 23.3 Å². The van der Waals surface area contributed by atoms with Gasteiger partial charge in [0.1, 0.15) is 0 Å². The molecule has 35 heavy (non-hydrogen) atoms. The van der Waals surface area contributed by atoms with Crippen molar-refractivity contribution in [3.8, 4) is 11.1 Å². The number of halogens is 6. The monoisotopic (exact) mass is 605 g/mol. The number of ether oxygens (including phenoxy) is 1. The number of nitrogens with zero attached hydrogens (tertiary/aromatic N) is 1. The minimum Gasteiger partial charge on any atom is -0.310 e. The number of hydrogen-bond donors (Lipinski definition) is 0. The summed E-state index contributed by atoms with van der Waals surface area (Å²) < 4.78 is 61.5. The van der Waals surface area contributed by atoms with Crippen LogP contribution < -0.4 is 4.90 Å². The van der Waals surface area contributed by atoms with E-state index in [2.05, 4.69) is 41.5 Å². The second kappa shape index (κ2) is 8.76. The lowest BCUT2D eigenvalue weighted by Crippen LogP contribution is -2.17.